The minimum atomic E-state index is -1.04. The molecule has 1 rings (SSSR count). The van der Waals surface area contributed by atoms with Gasteiger partial charge in [0, 0.05) is 12.6 Å². The Kier molecular flexibility index (Phi) is 5.26. The topological polar surface area (TPSA) is 84.6 Å². The second-order valence-electron chi connectivity index (χ2n) is 4.94. The normalized spacial score (nSPS) is 11.4. The molecule has 6 heteroatoms. The van der Waals surface area contributed by atoms with Gasteiger partial charge in [-0.3, -0.25) is 10.1 Å². The molecule has 0 atom stereocenters. The SMILES string of the molecule is CCNCc1ccc([N+](=O)[O-])c(OCC(C)(C)O)c1. The van der Waals surface area contributed by atoms with Crippen molar-refractivity contribution in [2.75, 3.05) is 13.2 Å². The summed E-state index contributed by atoms with van der Waals surface area (Å²) in [5, 5.41) is 23.7. The van der Waals surface area contributed by atoms with Gasteiger partial charge < -0.3 is 15.2 Å². The van der Waals surface area contributed by atoms with Crippen LogP contribution in [0, 0.1) is 10.1 Å². The van der Waals surface area contributed by atoms with E-state index >= 15 is 0 Å². The second-order valence-corrected chi connectivity index (χ2v) is 4.94. The number of ether oxygens (including phenoxy) is 1. The van der Waals surface area contributed by atoms with E-state index in [4.69, 9.17) is 4.74 Å². The van der Waals surface area contributed by atoms with E-state index in [-0.39, 0.29) is 18.0 Å². The number of aliphatic hydroxyl groups is 1. The largest absolute Gasteiger partial charge is 0.484 e. The van der Waals surface area contributed by atoms with Gasteiger partial charge in [-0.25, -0.2) is 0 Å². The molecule has 0 aliphatic rings. The highest BCUT2D eigenvalue weighted by molar-refractivity contribution is 5.48. The standard InChI is InChI=1S/C13H20N2O4/c1-4-14-8-10-5-6-11(15(17)18)12(7-10)19-9-13(2,3)16/h5-7,14,16H,4,8-9H2,1-3H3. The molecule has 0 bridgehead atoms. The van der Waals surface area contributed by atoms with Crippen molar-refractivity contribution in [1.82, 2.24) is 5.32 Å². The lowest BCUT2D eigenvalue weighted by molar-refractivity contribution is -0.386. The van der Waals surface area contributed by atoms with E-state index < -0.39 is 10.5 Å². The monoisotopic (exact) mass is 268 g/mol. The third-order valence-electron chi connectivity index (χ3n) is 2.38. The Bertz CT molecular complexity index is 441. The fourth-order valence-corrected chi connectivity index (χ4v) is 1.46. The Balaban J connectivity index is 2.92. The highest BCUT2D eigenvalue weighted by Crippen LogP contribution is 2.28. The van der Waals surface area contributed by atoms with Crippen LogP contribution >= 0.6 is 0 Å². The Labute approximate surface area is 112 Å². The Morgan fingerprint density at radius 2 is 2.16 bits per heavy atom. The Hall–Kier alpha value is -1.66. The summed E-state index contributed by atoms with van der Waals surface area (Å²) < 4.78 is 5.36. The molecule has 1 aromatic carbocycles. The number of nitrogens with one attached hydrogen (secondary N) is 1. The van der Waals surface area contributed by atoms with Crippen molar-refractivity contribution >= 4 is 5.69 Å². The first-order valence-electron chi connectivity index (χ1n) is 6.16. The molecule has 6 nitrogen and oxygen atoms in total. The lowest BCUT2D eigenvalue weighted by Gasteiger charge is -2.18. The third-order valence-corrected chi connectivity index (χ3v) is 2.38. The van der Waals surface area contributed by atoms with E-state index in [1.54, 1.807) is 26.0 Å². The molecule has 19 heavy (non-hydrogen) atoms. The number of nitrogens with zero attached hydrogens (tertiary/aromatic N) is 1. The molecule has 0 heterocycles. The predicted molar refractivity (Wildman–Crippen MR) is 72.3 cm³/mol. The smallest absolute Gasteiger partial charge is 0.310 e. The molecule has 0 saturated carbocycles. The first-order chi connectivity index (χ1) is 8.83. The maximum absolute atomic E-state index is 10.9. The first kappa shape index (κ1) is 15.4. The minimum Gasteiger partial charge on any atom is -0.484 e. The van der Waals surface area contributed by atoms with E-state index in [2.05, 4.69) is 5.32 Å². The Morgan fingerprint density at radius 3 is 2.68 bits per heavy atom. The quantitative estimate of drug-likeness (QED) is 0.582. The van der Waals surface area contributed by atoms with Crippen LogP contribution in [0.3, 0.4) is 0 Å². The summed E-state index contributed by atoms with van der Waals surface area (Å²) in [5.41, 5.74) is -0.228. The fourth-order valence-electron chi connectivity index (χ4n) is 1.46. The molecule has 0 saturated heterocycles. The van der Waals surface area contributed by atoms with E-state index in [0.717, 1.165) is 12.1 Å². The van der Waals surface area contributed by atoms with Crippen LogP contribution in [-0.4, -0.2) is 28.8 Å². The van der Waals surface area contributed by atoms with Crippen LogP contribution in [0.25, 0.3) is 0 Å². The molecule has 1 aromatic rings. The predicted octanol–water partition coefficient (Wildman–Crippen LogP) is 1.85. The number of nitro benzene ring substituents is 1. The molecule has 106 valence electrons. The highest BCUT2D eigenvalue weighted by atomic mass is 16.6. The third kappa shape index (κ3) is 5.23. The van der Waals surface area contributed by atoms with Gasteiger partial charge in [-0.15, -0.1) is 0 Å². The van der Waals surface area contributed by atoms with Crippen molar-refractivity contribution in [3.63, 3.8) is 0 Å². The first-order valence-corrected chi connectivity index (χ1v) is 6.16. The summed E-state index contributed by atoms with van der Waals surface area (Å²) in [6, 6.07) is 4.75. The van der Waals surface area contributed by atoms with Crippen LogP contribution in [0.1, 0.15) is 26.3 Å². The van der Waals surface area contributed by atoms with Gasteiger partial charge in [0.25, 0.3) is 0 Å². The number of nitro groups is 1. The Morgan fingerprint density at radius 1 is 1.47 bits per heavy atom. The van der Waals surface area contributed by atoms with Crippen molar-refractivity contribution in [1.29, 1.82) is 0 Å². The highest BCUT2D eigenvalue weighted by Gasteiger charge is 2.19. The van der Waals surface area contributed by atoms with Crippen molar-refractivity contribution < 1.29 is 14.8 Å². The van der Waals surface area contributed by atoms with Gasteiger partial charge in [0.2, 0.25) is 0 Å². The minimum absolute atomic E-state index is 0.00149. The molecule has 0 aromatic heterocycles. The van der Waals surface area contributed by atoms with Crippen molar-refractivity contribution in [3.05, 3.63) is 33.9 Å². The van der Waals surface area contributed by atoms with Crippen LogP contribution < -0.4 is 10.1 Å². The van der Waals surface area contributed by atoms with Crippen LogP contribution in [0.5, 0.6) is 5.75 Å². The zero-order valence-corrected chi connectivity index (χ0v) is 11.5. The van der Waals surface area contributed by atoms with E-state index in [0.29, 0.717) is 6.54 Å². The van der Waals surface area contributed by atoms with Gasteiger partial charge in [0.05, 0.1) is 10.5 Å². The van der Waals surface area contributed by atoms with Gasteiger partial charge in [-0.2, -0.15) is 0 Å². The van der Waals surface area contributed by atoms with E-state index in [1.807, 2.05) is 6.92 Å². The fraction of sp³-hybridized carbons (Fsp3) is 0.538. The molecule has 0 radical (unpaired) electrons. The van der Waals surface area contributed by atoms with Crippen molar-refractivity contribution in [3.8, 4) is 5.75 Å². The molecular weight excluding hydrogens is 248 g/mol. The molecular formula is C13H20N2O4. The van der Waals surface area contributed by atoms with Crippen molar-refractivity contribution in [2.45, 2.75) is 32.9 Å². The number of rotatable bonds is 7. The van der Waals surface area contributed by atoms with Crippen LogP contribution in [0.4, 0.5) is 5.69 Å². The van der Waals surface area contributed by atoms with Gasteiger partial charge in [-0.05, 0) is 32.0 Å². The van der Waals surface area contributed by atoms with Crippen LogP contribution in [0.2, 0.25) is 0 Å². The maximum Gasteiger partial charge on any atom is 0.310 e. The number of hydrogen-bond donors (Lipinski definition) is 2. The van der Waals surface area contributed by atoms with E-state index in [9.17, 15) is 15.2 Å². The van der Waals surface area contributed by atoms with E-state index in [1.165, 1.54) is 6.07 Å². The summed E-state index contributed by atoms with van der Waals surface area (Å²) >= 11 is 0. The molecule has 2 N–H and O–H groups in total. The molecule has 0 unspecified atom stereocenters. The average molecular weight is 268 g/mol. The zero-order valence-electron chi connectivity index (χ0n) is 11.5. The summed E-state index contributed by atoms with van der Waals surface area (Å²) in [7, 11) is 0. The number of benzene rings is 1. The molecule has 0 aliphatic heterocycles. The number of hydrogen-bond acceptors (Lipinski definition) is 5. The van der Waals surface area contributed by atoms with Crippen LogP contribution in [0.15, 0.2) is 18.2 Å². The average Bonchev–Trinajstić information content (AvgIpc) is 2.32. The molecule has 0 fully saturated rings. The summed E-state index contributed by atoms with van der Waals surface area (Å²) in [4.78, 5) is 10.4. The lowest BCUT2D eigenvalue weighted by atomic mass is 10.1. The van der Waals surface area contributed by atoms with Gasteiger partial charge >= 0.3 is 5.69 Å². The molecule has 0 aliphatic carbocycles. The van der Waals surface area contributed by atoms with Crippen molar-refractivity contribution in [2.24, 2.45) is 0 Å². The van der Waals surface area contributed by atoms with Crippen LogP contribution in [-0.2, 0) is 6.54 Å². The zero-order chi connectivity index (χ0) is 14.5. The lowest BCUT2D eigenvalue weighted by Crippen LogP contribution is -2.28. The maximum atomic E-state index is 10.9. The van der Waals surface area contributed by atoms with Gasteiger partial charge in [0.1, 0.15) is 6.61 Å². The summed E-state index contributed by atoms with van der Waals surface area (Å²) in [6.45, 7) is 6.59. The molecule has 0 amide bonds. The second kappa shape index (κ2) is 6.49. The summed E-state index contributed by atoms with van der Waals surface area (Å²) in [6.07, 6.45) is 0. The molecule has 0 spiro atoms. The van der Waals surface area contributed by atoms with Gasteiger partial charge in [0.15, 0.2) is 5.75 Å². The summed E-state index contributed by atoms with van der Waals surface area (Å²) in [5.74, 6) is 0.183. The van der Waals surface area contributed by atoms with Gasteiger partial charge in [-0.1, -0.05) is 13.0 Å².